The van der Waals surface area contributed by atoms with E-state index in [1.165, 1.54) is 0 Å². The summed E-state index contributed by atoms with van der Waals surface area (Å²) in [7, 11) is 0.0982. The van der Waals surface area contributed by atoms with E-state index in [9.17, 15) is 9.59 Å². The van der Waals surface area contributed by atoms with Crippen molar-refractivity contribution in [1.29, 1.82) is 0 Å². The number of hydrogen-bond donors (Lipinski definition) is 2. The molecule has 0 aliphatic rings. The number of benzene rings is 3. The fourth-order valence-corrected chi connectivity index (χ4v) is 4.79. The second-order valence-electron chi connectivity index (χ2n) is 10.5. The molecule has 3 rings (SSSR count). The first-order valence-corrected chi connectivity index (χ1v) is 15.5. The van der Waals surface area contributed by atoms with E-state index in [-0.39, 0.29) is 40.8 Å². The van der Waals surface area contributed by atoms with Crippen LogP contribution in [0.3, 0.4) is 0 Å². The van der Waals surface area contributed by atoms with Crippen LogP contribution < -0.4 is 39.3 Å². The van der Waals surface area contributed by atoms with E-state index in [2.05, 4.69) is 23.1 Å². The van der Waals surface area contributed by atoms with Gasteiger partial charge in [-0.1, -0.05) is 66.2 Å². The summed E-state index contributed by atoms with van der Waals surface area (Å²) in [5.74, 6) is 1.17. The number of ether oxygens (including phenoxy) is 2. The van der Waals surface area contributed by atoms with Gasteiger partial charge >= 0.3 is 6.09 Å². The van der Waals surface area contributed by atoms with Crippen LogP contribution in [0.1, 0.15) is 49.9 Å². The highest BCUT2D eigenvalue weighted by Crippen LogP contribution is 2.28. The van der Waals surface area contributed by atoms with Gasteiger partial charge in [0.15, 0.2) is 0 Å². The number of rotatable bonds is 11. The average molecular weight is 697 g/mol. The first kappa shape index (κ1) is 33.8. The minimum atomic E-state index is -0.756. The van der Waals surface area contributed by atoms with Crippen molar-refractivity contribution in [2.45, 2.75) is 51.5 Å². The normalized spacial score (nSPS) is 12.6. The molecular formula is C31H38ClIN2O4S. The molecule has 0 fully saturated rings. The lowest BCUT2D eigenvalue weighted by molar-refractivity contribution is -0.123. The summed E-state index contributed by atoms with van der Waals surface area (Å²) < 4.78 is 11.5. The molecule has 0 radical (unpaired) electrons. The van der Waals surface area contributed by atoms with Crippen LogP contribution in [-0.2, 0) is 27.0 Å². The third kappa shape index (κ3) is 11.6. The number of carbonyl (C=O) groups excluding carboxylic acids is 2. The van der Waals surface area contributed by atoms with Crippen molar-refractivity contribution in [1.82, 2.24) is 10.6 Å². The number of amides is 2. The van der Waals surface area contributed by atoms with E-state index in [4.69, 9.17) is 21.1 Å². The van der Waals surface area contributed by atoms with Gasteiger partial charge in [-0.15, -0.1) is 0 Å². The predicted molar refractivity (Wildman–Crippen MR) is 161 cm³/mol. The SMILES string of the molecule is C[S+](C)CC[C@@H](NC(=O)OC(C)(C)C)C(=O)NC(c1cccc(Cl)c1)c1cccc(OCc2ccccc2)c1.[I-]. The van der Waals surface area contributed by atoms with Crippen LogP contribution in [-0.4, -0.2) is 41.9 Å². The Balaban J connectivity index is 0.00000560. The van der Waals surface area contributed by atoms with Crippen molar-refractivity contribution >= 4 is 34.5 Å². The molecule has 0 bridgehead atoms. The molecule has 3 aromatic carbocycles. The largest absolute Gasteiger partial charge is 1.00 e. The van der Waals surface area contributed by atoms with Gasteiger partial charge in [0.1, 0.15) is 29.8 Å². The molecule has 0 saturated heterocycles. The molecule has 0 saturated carbocycles. The predicted octanol–water partition coefficient (Wildman–Crippen LogP) is 3.29. The minimum absolute atomic E-state index is 0. The summed E-state index contributed by atoms with van der Waals surface area (Å²) >= 11 is 6.33. The van der Waals surface area contributed by atoms with Crippen LogP contribution in [0.15, 0.2) is 78.9 Å². The second-order valence-corrected chi connectivity index (χ2v) is 13.3. The highest BCUT2D eigenvalue weighted by molar-refractivity contribution is 7.95. The zero-order chi connectivity index (χ0) is 28.4. The molecule has 1 unspecified atom stereocenters. The molecular weight excluding hydrogens is 659 g/mol. The van der Waals surface area contributed by atoms with Crippen molar-refractivity contribution in [3.63, 3.8) is 0 Å². The third-order valence-electron chi connectivity index (χ3n) is 5.73. The maximum absolute atomic E-state index is 13.7. The first-order valence-electron chi connectivity index (χ1n) is 12.9. The van der Waals surface area contributed by atoms with Gasteiger partial charge in [-0.05, 0) is 72.6 Å². The van der Waals surface area contributed by atoms with Crippen molar-refractivity contribution in [3.8, 4) is 5.75 Å². The van der Waals surface area contributed by atoms with E-state index in [0.29, 0.717) is 23.8 Å². The Kier molecular flexibility index (Phi) is 13.6. The van der Waals surface area contributed by atoms with Gasteiger partial charge in [0.25, 0.3) is 0 Å². The van der Waals surface area contributed by atoms with Crippen LogP contribution in [0.25, 0.3) is 0 Å². The van der Waals surface area contributed by atoms with Crippen molar-refractivity contribution in [3.05, 3.63) is 101 Å². The van der Waals surface area contributed by atoms with Gasteiger partial charge < -0.3 is 44.1 Å². The number of hydrogen-bond acceptors (Lipinski definition) is 4. The summed E-state index contributed by atoms with van der Waals surface area (Å²) in [6.45, 7) is 5.80. The molecule has 2 amide bonds. The molecule has 2 atom stereocenters. The topological polar surface area (TPSA) is 76.7 Å². The van der Waals surface area contributed by atoms with Crippen LogP contribution in [0.5, 0.6) is 5.75 Å². The van der Waals surface area contributed by atoms with Gasteiger partial charge in [0.2, 0.25) is 5.91 Å². The number of carbonyl (C=O) groups is 2. The van der Waals surface area contributed by atoms with Crippen molar-refractivity contribution in [2.75, 3.05) is 18.3 Å². The van der Waals surface area contributed by atoms with Crippen molar-refractivity contribution in [2.24, 2.45) is 0 Å². The average Bonchev–Trinajstić information content (AvgIpc) is 2.88. The number of alkyl carbamates (subject to hydrolysis) is 1. The smallest absolute Gasteiger partial charge is 0.408 e. The van der Waals surface area contributed by atoms with Gasteiger partial charge in [0.05, 0.1) is 18.6 Å². The van der Waals surface area contributed by atoms with Gasteiger partial charge in [-0.25, -0.2) is 4.79 Å². The Morgan fingerprint density at radius 1 is 0.900 bits per heavy atom. The summed E-state index contributed by atoms with van der Waals surface area (Å²) in [5, 5.41) is 6.49. The van der Waals surface area contributed by atoms with Crippen LogP contribution in [0.4, 0.5) is 4.79 Å². The van der Waals surface area contributed by atoms with E-state index in [1.54, 1.807) is 26.8 Å². The fraction of sp³-hybridized carbons (Fsp3) is 0.355. The van der Waals surface area contributed by atoms with E-state index in [0.717, 1.165) is 22.4 Å². The highest BCUT2D eigenvalue weighted by atomic mass is 127. The van der Waals surface area contributed by atoms with E-state index < -0.39 is 23.8 Å². The fourth-order valence-electron chi connectivity index (χ4n) is 3.89. The third-order valence-corrected chi connectivity index (χ3v) is 7.02. The highest BCUT2D eigenvalue weighted by Gasteiger charge is 2.28. The number of nitrogens with one attached hydrogen (secondary N) is 2. The molecule has 0 aliphatic carbocycles. The molecule has 0 spiro atoms. The Morgan fingerprint density at radius 3 is 2.17 bits per heavy atom. The van der Waals surface area contributed by atoms with Gasteiger partial charge in [0, 0.05) is 11.4 Å². The zero-order valence-corrected chi connectivity index (χ0v) is 27.3. The molecule has 216 valence electrons. The molecule has 0 aliphatic heterocycles. The molecule has 9 heteroatoms. The monoisotopic (exact) mass is 696 g/mol. The standard InChI is InChI=1S/C31H37ClN2O4S.HI/c1-31(2,3)38-30(36)33-27(17-18-39(4)5)29(35)34-28(23-13-9-15-25(32)19-23)24-14-10-16-26(20-24)37-21-22-11-7-6-8-12-22;/h6-16,19-20,27-28H,17-18,21H2,1-5H3,(H-,33,34,35,36);1H/t27-,28?;/m1./s1. The Bertz CT molecular complexity index is 1240. The van der Waals surface area contributed by atoms with Gasteiger partial charge in [-0.2, -0.15) is 0 Å². The minimum Gasteiger partial charge on any atom is -1.00 e. The summed E-state index contributed by atoms with van der Waals surface area (Å²) in [4.78, 5) is 26.2. The Hall–Kier alpha value is -2.43. The van der Waals surface area contributed by atoms with Crippen LogP contribution >= 0.6 is 11.6 Å². The first-order chi connectivity index (χ1) is 18.5. The lowest BCUT2D eigenvalue weighted by Crippen LogP contribution is -3.00. The van der Waals surface area contributed by atoms with E-state index >= 15 is 0 Å². The van der Waals surface area contributed by atoms with Crippen LogP contribution in [0.2, 0.25) is 5.02 Å². The summed E-state index contributed by atoms with van der Waals surface area (Å²) in [6.07, 6.45) is 4.09. The zero-order valence-electron chi connectivity index (χ0n) is 23.6. The summed E-state index contributed by atoms with van der Waals surface area (Å²) in [6, 6.07) is 23.7. The molecule has 6 nitrogen and oxygen atoms in total. The van der Waals surface area contributed by atoms with Crippen molar-refractivity contribution < 1.29 is 43.0 Å². The second kappa shape index (κ2) is 16.1. The van der Waals surface area contributed by atoms with E-state index in [1.807, 2.05) is 72.8 Å². The molecule has 2 N–H and O–H groups in total. The molecule has 40 heavy (non-hydrogen) atoms. The van der Waals surface area contributed by atoms with Gasteiger partial charge in [-0.3, -0.25) is 4.79 Å². The Labute approximate surface area is 262 Å². The maximum Gasteiger partial charge on any atom is 0.408 e. The lowest BCUT2D eigenvalue weighted by Gasteiger charge is -2.26. The maximum atomic E-state index is 13.7. The molecule has 0 aromatic heterocycles. The summed E-state index contributed by atoms with van der Waals surface area (Å²) in [5.41, 5.74) is 2.04. The number of halogens is 2. The van der Waals surface area contributed by atoms with Crippen LogP contribution in [0, 0.1) is 0 Å². The molecule has 3 aromatic rings. The lowest BCUT2D eigenvalue weighted by atomic mass is 9.97. The molecule has 0 heterocycles. The quantitative estimate of drug-likeness (QED) is 0.239. The Morgan fingerprint density at radius 2 is 1.55 bits per heavy atom.